The number of nitrogens with one attached hydrogen (secondary N) is 2. The summed E-state index contributed by atoms with van der Waals surface area (Å²) in [5, 5.41) is 13.8. The van der Waals surface area contributed by atoms with Crippen molar-refractivity contribution in [3.63, 3.8) is 0 Å². The molecule has 1 heterocycles. The number of nitriles is 1. The molecule has 0 atom stereocenters. The lowest BCUT2D eigenvalue weighted by molar-refractivity contribution is -0.0940. The third-order valence-corrected chi connectivity index (χ3v) is 2.67. The highest BCUT2D eigenvalue weighted by atomic mass is 127. The number of H-pyrrole nitrogens is 1. The Balaban J connectivity index is -0.0000000732. The van der Waals surface area contributed by atoms with Crippen LogP contribution in [0.25, 0.3) is 0 Å². The first-order valence-electron chi connectivity index (χ1n) is 9.45. The average molecular weight is 606 g/mol. The summed E-state index contributed by atoms with van der Waals surface area (Å²) in [7, 11) is 7.72. The van der Waals surface area contributed by atoms with Crippen LogP contribution in [-0.4, -0.2) is 87.9 Å². The second kappa shape index (κ2) is 41.4. The first-order chi connectivity index (χ1) is 15.6. The Morgan fingerprint density at radius 2 is 1.53 bits per heavy atom. The highest BCUT2D eigenvalue weighted by Gasteiger charge is 2.01. The first kappa shape index (κ1) is 45.6. The Morgan fingerprint density at radius 3 is 1.65 bits per heavy atom. The van der Waals surface area contributed by atoms with Crippen LogP contribution in [0.15, 0.2) is 17.4 Å². The van der Waals surface area contributed by atoms with Crippen molar-refractivity contribution in [1.29, 1.82) is 10.7 Å². The van der Waals surface area contributed by atoms with Crippen LogP contribution in [0.2, 0.25) is 0 Å². The Labute approximate surface area is 220 Å². The maximum atomic E-state index is 7.32. The van der Waals surface area contributed by atoms with Gasteiger partial charge in [-0.2, -0.15) is 5.26 Å². The van der Waals surface area contributed by atoms with E-state index in [9.17, 15) is 0 Å². The lowest BCUT2D eigenvalue weighted by atomic mass is 10.6. The number of aryl methyl sites for hydroxylation is 1. The van der Waals surface area contributed by atoms with E-state index >= 15 is 0 Å². The molecule has 0 aliphatic carbocycles. The van der Waals surface area contributed by atoms with E-state index in [-0.39, 0.29) is 25.9 Å². The van der Waals surface area contributed by atoms with Gasteiger partial charge in [-0.1, -0.05) is 30.0 Å². The van der Waals surface area contributed by atoms with Crippen LogP contribution in [0.4, 0.5) is 0 Å². The molecule has 0 radical (unpaired) electrons. The fourth-order valence-electron chi connectivity index (χ4n) is 1.10. The highest BCUT2D eigenvalue weighted by molar-refractivity contribution is 14.1. The van der Waals surface area contributed by atoms with Gasteiger partial charge in [0.2, 0.25) is 0 Å². The number of rotatable bonds is 7. The molecular weight excluding hydrogens is 557 g/mol. The van der Waals surface area contributed by atoms with Crippen LogP contribution in [-0.2, 0) is 23.7 Å². The Morgan fingerprint density at radius 1 is 1.15 bits per heavy atom. The molecule has 0 saturated heterocycles. The molecule has 1 aromatic rings. The number of methoxy groups -OCH3 is 5. The van der Waals surface area contributed by atoms with Crippen LogP contribution >= 0.6 is 22.6 Å². The smallest absolute Gasteiger partial charge is 0.176 e. The quantitative estimate of drug-likeness (QED) is 0.119. The van der Waals surface area contributed by atoms with Crippen LogP contribution in [0.1, 0.15) is 34.0 Å². The molecule has 0 unspecified atom stereocenters. The molecule has 0 spiro atoms. The zero-order valence-corrected chi connectivity index (χ0v) is 23.8. The topological polar surface area (TPSA) is 187 Å². The minimum atomic E-state index is -0.279. The predicted octanol–water partition coefficient (Wildman–Crippen LogP) is 3.11. The number of nitrogens with zero attached hydrogens (tertiary/aromatic N) is 3. The van der Waals surface area contributed by atoms with Gasteiger partial charge in [0.05, 0.1) is 25.6 Å². The molecule has 0 aromatic carbocycles. The SMILES string of the molecule is C.CC#N.CI.COC(C)=N.COC(CN)OC.COC(CN=C(C)N)OC.Cc1ncc[nH]1. The van der Waals surface area contributed by atoms with Crippen LogP contribution in [0, 0.1) is 23.7 Å². The maximum Gasteiger partial charge on any atom is 0.176 e. The Hall–Kier alpha value is -1.83. The number of halogens is 1. The fraction of sp³-hybridized carbons (Fsp3) is 0.714. The molecule has 0 saturated carbocycles. The number of aromatic amines is 1. The molecule has 13 heteroatoms. The van der Waals surface area contributed by atoms with E-state index in [1.165, 1.54) is 14.0 Å². The lowest BCUT2D eigenvalue weighted by Gasteiger charge is -2.09. The summed E-state index contributed by atoms with van der Waals surface area (Å²) in [5.74, 6) is 1.76. The van der Waals surface area contributed by atoms with E-state index < -0.39 is 0 Å². The molecule has 1 rings (SSSR count). The van der Waals surface area contributed by atoms with Crippen LogP contribution < -0.4 is 11.5 Å². The van der Waals surface area contributed by atoms with Gasteiger partial charge >= 0.3 is 0 Å². The van der Waals surface area contributed by atoms with Crippen LogP contribution in [0.3, 0.4) is 0 Å². The third kappa shape index (κ3) is 52.2. The molecule has 0 fully saturated rings. The molecule has 1 aromatic heterocycles. The second-order valence-electron chi connectivity index (χ2n) is 5.18. The molecule has 0 bridgehead atoms. The van der Waals surface area contributed by atoms with Gasteiger partial charge in [-0.25, -0.2) is 4.98 Å². The number of hydrogen-bond donors (Lipinski definition) is 4. The van der Waals surface area contributed by atoms with E-state index in [1.807, 2.05) is 11.9 Å². The van der Waals surface area contributed by atoms with Gasteiger partial charge in [0, 0.05) is 61.2 Å². The van der Waals surface area contributed by atoms with Gasteiger partial charge in [0.25, 0.3) is 0 Å². The number of nitrogens with two attached hydrogens (primary N) is 2. The summed E-state index contributed by atoms with van der Waals surface area (Å²) in [5.41, 5.74) is 10.4. The van der Waals surface area contributed by atoms with Gasteiger partial charge in [-0.15, -0.1) is 0 Å². The van der Waals surface area contributed by atoms with Crippen molar-refractivity contribution in [2.45, 2.75) is 47.7 Å². The van der Waals surface area contributed by atoms with Gasteiger partial charge in [-0.05, 0) is 18.8 Å². The fourth-order valence-corrected chi connectivity index (χ4v) is 1.10. The second-order valence-corrected chi connectivity index (χ2v) is 5.18. The summed E-state index contributed by atoms with van der Waals surface area (Å²) in [4.78, 5) is 12.6. The lowest BCUT2D eigenvalue weighted by Crippen LogP contribution is -2.23. The first-order valence-corrected chi connectivity index (χ1v) is 11.6. The molecule has 34 heavy (non-hydrogen) atoms. The summed E-state index contributed by atoms with van der Waals surface area (Å²) < 4.78 is 23.5. The Kier molecular flexibility index (Phi) is 55.6. The molecule has 12 nitrogen and oxygen atoms in total. The average Bonchev–Trinajstić information content (AvgIpc) is 3.29. The van der Waals surface area contributed by atoms with Crippen molar-refractivity contribution in [1.82, 2.24) is 9.97 Å². The van der Waals surface area contributed by atoms with E-state index in [1.54, 1.807) is 60.7 Å². The van der Waals surface area contributed by atoms with Crippen molar-refractivity contribution in [2.75, 3.05) is 53.6 Å². The number of aromatic nitrogens is 2. The van der Waals surface area contributed by atoms with E-state index in [0.29, 0.717) is 18.9 Å². The number of amidine groups is 1. The minimum absolute atomic E-state index is 0. The van der Waals surface area contributed by atoms with Crippen molar-refractivity contribution in [3.05, 3.63) is 18.2 Å². The van der Waals surface area contributed by atoms with Gasteiger partial charge < -0.3 is 40.1 Å². The minimum Gasteiger partial charge on any atom is -0.485 e. The molecule has 0 amide bonds. The number of hydrogen-bond acceptors (Lipinski definition) is 10. The van der Waals surface area contributed by atoms with Crippen LogP contribution in [0.5, 0.6) is 0 Å². The molecular formula is C21H48IN7O5. The standard InChI is InChI=1S/C6H14N2O2.C4H6N2.C4H11NO2.C3H7NO.C2H3N.CH3I.CH4/c1-5(7)8-4-6(9-2)10-3;1-4-5-2-3-6-4;1-6-4(3-5)7-2;1-3(4)5-2;1-2-3;1-2;/h6H,4H2,1-3H3,(H2,7,8);2-3H,1H3,(H,5,6);4H,3,5H2,1-2H3;4H,1-2H3;1H3;1H3;1H4. The zero-order valence-electron chi connectivity index (χ0n) is 21.6. The molecule has 0 aliphatic heterocycles. The number of aliphatic imine (C=N–C) groups is 1. The summed E-state index contributed by atoms with van der Waals surface area (Å²) in [6, 6.07) is 1.75. The molecule has 204 valence electrons. The van der Waals surface area contributed by atoms with Gasteiger partial charge in [0.15, 0.2) is 18.5 Å². The zero-order chi connectivity index (χ0) is 27.1. The summed E-state index contributed by atoms with van der Waals surface area (Å²) in [6.45, 7) is 7.52. The molecule has 0 aliphatic rings. The third-order valence-electron chi connectivity index (χ3n) is 2.67. The van der Waals surface area contributed by atoms with Crippen molar-refractivity contribution in [2.24, 2.45) is 16.5 Å². The molecule has 6 N–H and O–H groups in total. The number of ether oxygens (including phenoxy) is 5. The van der Waals surface area contributed by atoms with E-state index in [0.717, 1.165) is 5.82 Å². The van der Waals surface area contributed by atoms with E-state index in [2.05, 4.69) is 42.3 Å². The maximum absolute atomic E-state index is 7.32. The predicted molar refractivity (Wildman–Crippen MR) is 149 cm³/mol. The summed E-state index contributed by atoms with van der Waals surface area (Å²) in [6.07, 6.45) is 3.02. The van der Waals surface area contributed by atoms with Crippen molar-refractivity contribution in [3.8, 4) is 6.07 Å². The Bertz CT molecular complexity index is 539. The largest absolute Gasteiger partial charge is 0.485 e. The summed E-state index contributed by atoms with van der Waals surface area (Å²) >= 11 is 2.15. The van der Waals surface area contributed by atoms with Gasteiger partial charge in [-0.3, -0.25) is 10.4 Å². The highest BCUT2D eigenvalue weighted by Crippen LogP contribution is 1.90. The number of alkyl halides is 1. The number of imidazole rings is 1. The monoisotopic (exact) mass is 605 g/mol. The van der Waals surface area contributed by atoms with E-state index in [4.69, 9.17) is 41.1 Å². The van der Waals surface area contributed by atoms with Crippen molar-refractivity contribution >= 4 is 34.3 Å². The van der Waals surface area contributed by atoms with Gasteiger partial charge in [0.1, 0.15) is 5.82 Å². The normalized spacial score (nSPS) is 8.79. The van der Waals surface area contributed by atoms with Crippen molar-refractivity contribution < 1.29 is 23.7 Å².